The van der Waals surface area contributed by atoms with E-state index in [0.717, 1.165) is 18.4 Å². The van der Waals surface area contributed by atoms with Crippen molar-refractivity contribution in [1.29, 1.82) is 0 Å². The number of carbonyl (C=O) groups is 1. The average molecular weight is 402 g/mol. The third-order valence-corrected chi connectivity index (χ3v) is 4.61. The maximum absolute atomic E-state index is 12.2. The second-order valence-electron chi connectivity index (χ2n) is 6.88. The first kappa shape index (κ1) is 19.6. The number of aryl methyl sites for hydroxylation is 2. The Kier molecular flexibility index (Phi) is 5.98. The predicted molar refractivity (Wildman–Crippen MR) is 113 cm³/mol. The molecule has 0 fully saturated rings. The van der Waals surface area contributed by atoms with Crippen molar-refractivity contribution in [2.75, 3.05) is 13.2 Å². The van der Waals surface area contributed by atoms with Crippen LogP contribution in [0.2, 0.25) is 0 Å². The second kappa shape index (κ2) is 9.17. The van der Waals surface area contributed by atoms with Crippen LogP contribution in [0.1, 0.15) is 17.8 Å². The Morgan fingerprint density at radius 3 is 2.53 bits per heavy atom. The normalized spacial score (nSPS) is 10.8. The highest BCUT2D eigenvalue weighted by Crippen LogP contribution is 2.32. The standard InChI is InChI=1S/C23H22N4O3/c1-16-25-22(20-21(27-30-23(20)26-16)18-12-6-3-7-13-18)29-15-19(28)24-14-8-11-17-9-4-2-5-10-17/h2-7,9-10,12-13H,8,11,14-15H2,1H3,(H,24,28). The summed E-state index contributed by atoms with van der Waals surface area (Å²) >= 11 is 0. The van der Waals surface area contributed by atoms with Crippen molar-refractivity contribution in [3.05, 3.63) is 72.1 Å². The molecule has 4 aromatic rings. The van der Waals surface area contributed by atoms with Crippen molar-refractivity contribution in [3.8, 4) is 17.1 Å². The van der Waals surface area contributed by atoms with Crippen LogP contribution in [0.25, 0.3) is 22.4 Å². The van der Waals surface area contributed by atoms with Crippen molar-refractivity contribution >= 4 is 17.0 Å². The lowest BCUT2D eigenvalue weighted by Crippen LogP contribution is -2.30. The molecule has 30 heavy (non-hydrogen) atoms. The Labute approximate surface area is 174 Å². The van der Waals surface area contributed by atoms with Crippen molar-refractivity contribution < 1.29 is 14.1 Å². The molecule has 0 saturated heterocycles. The van der Waals surface area contributed by atoms with Gasteiger partial charge < -0.3 is 14.6 Å². The minimum Gasteiger partial charge on any atom is -0.467 e. The van der Waals surface area contributed by atoms with E-state index in [1.807, 2.05) is 48.5 Å². The molecule has 7 heteroatoms. The van der Waals surface area contributed by atoms with Crippen LogP contribution in [0.15, 0.2) is 65.2 Å². The number of nitrogens with zero attached hydrogens (tertiary/aromatic N) is 3. The summed E-state index contributed by atoms with van der Waals surface area (Å²) in [7, 11) is 0. The average Bonchev–Trinajstić information content (AvgIpc) is 3.20. The molecule has 1 amide bonds. The molecule has 0 bridgehead atoms. The van der Waals surface area contributed by atoms with Gasteiger partial charge in [0.05, 0.1) is 0 Å². The van der Waals surface area contributed by atoms with Gasteiger partial charge in [0, 0.05) is 12.1 Å². The second-order valence-corrected chi connectivity index (χ2v) is 6.88. The Balaban J connectivity index is 1.39. The van der Waals surface area contributed by atoms with Crippen molar-refractivity contribution in [3.63, 3.8) is 0 Å². The van der Waals surface area contributed by atoms with E-state index < -0.39 is 0 Å². The zero-order valence-corrected chi connectivity index (χ0v) is 16.7. The van der Waals surface area contributed by atoms with E-state index in [1.54, 1.807) is 6.92 Å². The SMILES string of the molecule is Cc1nc(OCC(=O)NCCCc2ccccc2)c2c(-c3ccccc3)noc2n1. The minimum atomic E-state index is -0.204. The number of benzene rings is 2. The lowest BCUT2D eigenvalue weighted by Gasteiger charge is -2.08. The maximum atomic E-state index is 12.2. The topological polar surface area (TPSA) is 90.1 Å². The molecule has 0 aliphatic rings. The van der Waals surface area contributed by atoms with Gasteiger partial charge in [0.1, 0.15) is 16.9 Å². The number of aromatic nitrogens is 3. The van der Waals surface area contributed by atoms with E-state index in [9.17, 15) is 4.79 Å². The fraction of sp³-hybridized carbons (Fsp3) is 0.217. The molecule has 0 radical (unpaired) electrons. The monoisotopic (exact) mass is 402 g/mol. The molecule has 0 spiro atoms. The van der Waals surface area contributed by atoms with Crippen LogP contribution in [0.3, 0.4) is 0 Å². The number of rotatable bonds is 8. The van der Waals surface area contributed by atoms with E-state index in [1.165, 1.54) is 5.56 Å². The van der Waals surface area contributed by atoms with E-state index in [0.29, 0.717) is 29.2 Å². The lowest BCUT2D eigenvalue weighted by molar-refractivity contribution is -0.123. The molecule has 0 saturated carbocycles. The first-order valence-corrected chi connectivity index (χ1v) is 9.83. The molecule has 0 aliphatic carbocycles. The van der Waals surface area contributed by atoms with E-state index in [-0.39, 0.29) is 18.4 Å². The Hall–Kier alpha value is -3.74. The summed E-state index contributed by atoms with van der Waals surface area (Å²) in [5, 5.41) is 7.56. The summed E-state index contributed by atoms with van der Waals surface area (Å²) < 4.78 is 11.1. The number of nitrogens with one attached hydrogen (secondary N) is 1. The highest BCUT2D eigenvalue weighted by Gasteiger charge is 2.19. The van der Waals surface area contributed by atoms with Crippen LogP contribution in [-0.2, 0) is 11.2 Å². The summed E-state index contributed by atoms with van der Waals surface area (Å²) in [5.41, 5.74) is 3.03. The summed E-state index contributed by atoms with van der Waals surface area (Å²) in [4.78, 5) is 20.9. The number of hydrogen-bond acceptors (Lipinski definition) is 6. The Morgan fingerprint density at radius 1 is 1.03 bits per heavy atom. The molecule has 1 N–H and O–H groups in total. The van der Waals surface area contributed by atoms with Crippen molar-refractivity contribution in [2.45, 2.75) is 19.8 Å². The number of amides is 1. The van der Waals surface area contributed by atoms with E-state index in [4.69, 9.17) is 9.26 Å². The third-order valence-electron chi connectivity index (χ3n) is 4.61. The zero-order chi connectivity index (χ0) is 20.8. The summed E-state index contributed by atoms with van der Waals surface area (Å²) in [6, 6.07) is 19.8. The molecule has 7 nitrogen and oxygen atoms in total. The van der Waals surface area contributed by atoms with Gasteiger partial charge in [0.2, 0.25) is 5.88 Å². The number of hydrogen-bond donors (Lipinski definition) is 1. The highest BCUT2D eigenvalue weighted by atomic mass is 16.5. The number of ether oxygens (including phenoxy) is 1. The summed E-state index contributed by atoms with van der Waals surface area (Å²) in [5.74, 6) is 0.568. The largest absolute Gasteiger partial charge is 0.467 e. The van der Waals surface area contributed by atoms with Crippen LogP contribution in [0.5, 0.6) is 5.88 Å². The molecule has 2 aromatic heterocycles. The first-order valence-electron chi connectivity index (χ1n) is 9.83. The third kappa shape index (κ3) is 4.63. The van der Waals surface area contributed by atoms with E-state index >= 15 is 0 Å². The Bertz CT molecular complexity index is 1130. The van der Waals surface area contributed by atoms with Crippen molar-refractivity contribution in [1.82, 2.24) is 20.4 Å². The number of carbonyl (C=O) groups excluding carboxylic acids is 1. The van der Waals surface area contributed by atoms with Gasteiger partial charge in [-0.25, -0.2) is 0 Å². The molecule has 0 unspecified atom stereocenters. The van der Waals surface area contributed by atoms with Gasteiger partial charge in [-0.15, -0.1) is 0 Å². The first-order chi connectivity index (χ1) is 14.7. The van der Waals surface area contributed by atoms with Crippen LogP contribution in [0.4, 0.5) is 0 Å². The molecular weight excluding hydrogens is 380 g/mol. The fourth-order valence-electron chi connectivity index (χ4n) is 3.17. The minimum absolute atomic E-state index is 0.143. The molecular formula is C23H22N4O3. The quantitative estimate of drug-likeness (QED) is 0.452. The van der Waals surface area contributed by atoms with Crippen LogP contribution in [0, 0.1) is 6.92 Å². The molecule has 0 atom stereocenters. The van der Waals surface area contributed by atoms with Crippen LogP contribution < -0.4 is 10.1 Å². The van der Waals surface area contributed by atoms with Gasteiger partial charge in [-0.3, -0.25) is 4.79 Å². The molecule has 2 heterocycles. The molecule has 4 rings (SSSR count). The van der Waals surface area contributed by atoms with Gasteiger partial charge >= 0.3 is 0 Å². The molecule has 2 aromatic carbocycles. The van der Waals surface area contributed by atoms with Gasteiger partial charge in [-0.05, 0) is 25.3 Å². The Morgan fingerprint density at radius 2 is 1.77 bits per heavy atom. The molecule has 152 valence electrons. The van der Waals surface area contributed by atoms with E-state index in [2.05, 4.69) is 32.6 Å². The maximum Gasteiger partial charge on any atom is 0.265 e. The fourth-order valence-corrected chi connectivity index (χ4v) is 3.17. The zero-order valence-electron chi connectivity index (χ0n) is 16.7. The highest BCUT2D eigenvalue weighted by molar-refractivity contribution is 5.93. The van der Waals surface area contributed by atoms with Gasteiger partial charge in [-0.1, -0.05) is 65.8 Å². The van der Waals surface area contributed by atoms with Gasteiger partial charge in [-0.2, -0.15) is 9.97 Å². The summed E-state index contributed by atoms with van der Waals surface area (Å²) in [6.07, 6.45) is 1.77. The smallest absolute Gasteiger partial charge is 0.265 e. The lowest BCUT2D eigenvalue weighted by atomic mass is 10.1. The predicted octanol–water partition coefficient (Wildman–Crippen LogP) is 3.72. The van der Waals surface area contributed by atoms with Gasteiger partial charge in [0.25, 0.3) is 11.6 Å². The summed E-state index contributed by atoms with van der Waals surface area (Å²) in [6.45, 7) is 2.18. The van der Waals surface area contributed by atoms with Crippen LogP contribution in [-0.4, -0.2) is 34.2 Å². The molecule has 0 aliphatic heterocycles. The van der Waals surface area contributed by atoms with Crippen molar-refractivity contribution in [2.24, 2.45) is 0 Å². The number of fused-ring (bicyclic) bond motifs is 1. The van der Waals surface area contributed by atoms with Crippen LogP contribution >= 0.6 is 0 Å². The van der Waals surface area contributed by atoms with Gasteiger partial charge in [0.15, 0.2) is 6.61 Å².